The van der Waals surface area contributed by atoms with E-state index in [4.69, 9.17) is 4.74 Å². The summed E-state index contributed by atoms with van der Waals surface area (Å²) in [5.41, 5.74) is 0.00484. The van der Waals surface area contributed by atoms with Crippen LogP contribution in [0.3, 0.4) is 0 Å². The van der Waals surface area contributed by atoms with E-state index < -0.39 is 17.6 Å². The van der Waals surface area contributed by atoms with Gasteiger partial charge >= 0.3 is 5.97 Å². The molecule has 6 heteroatoms. The molecule has 0 aliphatic carbocycles. The second kappa shape index (κ2) is 5.52. The van der Waals surface area contributed by atoms with Crippen molar-refractivity contribution in [3.05, 3.63) is 11.3 Å². The molecule has 20 heavy (non-hydrogen) atoms. The van der Waals surface area contributed by atoms with Gasteiger partial charge in [0.05, 0.1) is 16.7 Å². The number of rotatable bonds is 5. The topological polar surface area (TPSA) is 58.6 Å². The molecule has 2 aliphatic heterocycles. The van der Waals surface area contributed by atoms with Gasteiger partial charge in [-0.25, -0.2) is 9.18 Å². The SMILES string of the molecule is CCNC[C@H](F)[C@@]1(C)CCN(C2=C(C)C(=O)OC2)C1=O. The largest absolute Gasteiger partial charge is 0.456 e. The molecule has 2 heterocycles. The van der Waals surface area contributed by atoms with Gasteiger partial charge in [-0.3, -0.25) is 4.79 Å². The Morgan fingerprint density at radius 2 is 2.20 bits per heavy atom. The van der Waals surface area contributed by atoms with Crippen molar-refractivity contribution in [2.75, 3.05) is 26.2 Å². The molecule has 0 unspecified atom stereocenters. The number of nitrogens with zero attached hydrogens (tertiary/aromatic N) is 1. The fourth-order valence-corrected chi connectivity index (χ4v) is 2.65. The van der Waals surface area contributed by atoms with Gasteiger partial charge in [-0.1, -0.05) is 6.92 Å². The maximum Gasteiger partial charge on any atom is 0.336 e. The number of halogens is 1. The molecule has 1 saturated heterocycles. The van der Waals surface area contributed by atoms with Crippen LogP contribution in [0.1, 0.15) is 27.2 Å². The first kappa shape index (κ1) is 15.0. The fraction of sp³-hybridized carbons (Fsp3) is 0.714. The molecule has 0 aromatic heterocycles. The van der Waals surface area contributed by atoms with Gasteiger partial charge in [-0.05, 0) is 26.8 Å². The lowest BCUT2D eigenvalue weighted by molar-refractivity contribution is -0.138. The number of carbonyl (C=O) groups excluding carboxylic acids is 2. The van der Waals surface area contributed by atoms with E-state index in [1.807, 2.05) is 6.92 Å². The molecule has 0 saturated carbocycles. The Labute approximate surface area is 118 Å². The maximum absolute atomic E-state index is 14.3. The van der Waals surface area contributed by atoms with Gasteiger partial charge in [-0.15, -0.1) is 0 Å². The first-order valence-corrected chi connectivity index (χ1v) is 6.95. The summed E-state index contributed by atoms with van der Waals surface area (Å²) in [5, 5.41) is 2.93. The average molecular weight is 284 g/mol. The first-order chi connectivity index (χ1) is 9.41. The molecule has 1 N–H and O–H groups in total. The Morgan fingerprint density at radius 3 is 2.75 bits per heavy atom. The van der Waals surface area contributed by atoms with E-state index >= 15 is 0 Å². The van der Waals surface area contributed by atoms with Gasteiger partial charge in [0, 0.05) is 13.1 Å². The van der Waals surface area contributed by atoms with Crippen LogP contribution in [0.15, 0.2) is 11.3 Å². The average Bonchev–Trinajstić information content (AvgIpc) is 2.91. The molecule has 1 fully saturated rings. The summed E-state index contributed by atoms with van der Waals surface area (Å²) in [6.45, 7) is 6.57. The second-order valence-electron chi connectivity index (χ2n) is 5.55. The van der Waals surface area contributed by atoms with Crippen LogP contribution >= 0.6 is 0 Å². The van der Waals surface area contributed by atoms with Crippen molar-refractivity contribution in [3.63, 3.8) is 0 Å². The standard InChI is InChI=1S/C14H21FN2O3/c1-4-16-7-11(15)14(3)5-6-17(13(14)19)10-8-20-12(18)9(10)2/h11,16H,4-8H2,1-3H3/t11-,14+/m0/s1. The van der Waals surface area contributed by atoms with Gasteiger partial charge < -0.3 is 15.0 Å². The Kier molecular flexibility index (Phi) is 4.13. The number of hydrogen-bond acceptors (Lipinski definition) is 4. The number of cyclic esters (lactones) is 1. The molecule has 112 valence electrons. The van der Waals surface area contributed by atoms with Gasteiger partial charge in [0.2, 0.25) is 5.91 Å². The van der Waals surface area contributed by atoms with Gasteiger partial charge in [-0.2, -0.15) is 0 Å². The van der Waals surface area contributed by atoms with E-state index in [1.165, 1.54) is 4.90 Å². The lowest BCUT2D eigenvalue weighted by Gasteiger charge is -2.27. The Hall–Kier alpha value is -1.43. The number of alkyl halides is 1. The molecule has 2 aliphatic rings. The number of amides is 1. The molecule has 0 spiro atoms. The Morgan fingerprint density at radius 1 is 1.50 bits per heavy atom. The summed E-state index contributed by atoms with van der Waals surface area (Å²) < 4.78 is 19.3. The molecule has 5 nitrogen and oxygen atoms in total. The number of hydrogen-bond donors (Lipinski definition) is 1. The van der Waals surface area contributed by atoms with Crippen LogP contribution in [0.5, 0.6) is 0 Å². The quantitative estimate of drug-likeness (QED) is 0.765. The van der Waals surface area contributed by atoms with E-state index in [9.17, 15) is 14.0 Å². The Bertz CT molecular complexity index is 463. The predicted molar refractivity (Wildman–Crippen MR) is 71.5 cm³/mol. The third kappa shape index (κ3) is 2.32. The highest BCUT2D eigenvalue weighted by Crippen LogP contribution is 2.39. The summed E-state index contributed by atoms with van der Waals surface area (Å²) in [7, 11) is 0. The minimum absolute atomic E-state index is 0.108. The summed E-state index contributed by atoms with van der Waals surface area (Å²) in [6, 6.07) is 0. The van der Waals surface area contributed by atoms with Crippen LogP contribution in [-0.4, -0.2) is 49.2 Å². The maximum atomic E-state index is 14.3. The normalized spacial score (nSPS) is 28.3. The highest BCUT2D eigenvalue weighted by molar-refractivity contribution is 5.94. The second-order valence-corrected chi connectivity index (χ2v) is 5.55. The molecular weight excluding hydrogens is 263 g/mol. The molecule has 0 aromatic rings. The van der Waals surface area contributed by atoms with Gasteiger partial charge in [0.25, 0.3) is 0 Å². The predicted octanol–water partition coefficient (Wildman–Crippen LogP) is 1.00. The molecule has 0 radical (unpaired) electrons. The van der Waals surface area contributed by atoms with Crippen molar-refractivity contribution in [1.29, 1.82) is 0 Å². The highest BCUT2D eigenvalue weighted by atomic mass is 19.1. The zero-order valence-electron chi connectivity index (χ0n) is 12.2. The Balaban J connectivity index is 2.15. The summed E-state index contributed by atoms with van der Waals surface area (Å²) in [6.07, 6.45) is -0.789. The first-order valence-electron chi connectivity index (χ1n) is 6.95. The molecule has 0 bridgehead atoms. The zero-order chi connectivity index (χ0) is 14.9. The monoisotopic (exact) mass is 284 g/mol. The highest BCUT2D eigenvalue weighted by Gasteiger charge is 2.50. The summed E-state index contributed by atoms with van der Waals surface area (Å²) in [5.74, 6) is -0.651. The lowest BCUT2D eigenvalue weighted by Crippen LogP contribution is -2.43. The lowest BCUT2D eigenvalue weighted by atomic mass is 9.83. The summed E-state index contributed by atoms with van der Waals surface area (Å²) >= 11 is 0. The van der Waals surface area contributed by atoms with E-state index in [1.54, 1.807) is 13.8 Å². The third-order valence-electron chi connectivity index (χ3n) is 4.26. The number of ether oxygens (including phenoxy) is 1. The van der Waals surface area contributed by atoms with Crippen molar-refractivity contribution >= 4 is 11.9 Å². The van der Waals surface area contributed by atoms with E-state index in [0.29, 0.717) is 30.8 Å². The molecular formula is C14H21FN2O3. The van der Waals surface area contributed by atoms with Crippen LogP contribution in [0.25, 0.3) is 0 Å². The number of nitrogens with one attached hydrogen (secondary N) is 1. The van der Waals surface area contributed by atoms with Gasteiger partial charge in [0.1, 0.15) is 12.8 Å². The number of carbonyl (C=O) groups is 2. The van der Waals surface area contributed by atoms with Crippen molar-refractivity contribution in [1.82, 2.24) is 10.2 Å². The molecule has 0 aromatic carbocycles. The van der Waals surface area contributed by atoms with Crippen LogP contribution in [0.4, 0.5) is 4.39 Å². The fourth-order valence-electron chi connectivity index (χ4n) is 2.65. The van der Waals surface area contributed by atoms with Crippen LogP contribution in [0, 0.1) is 5.41 Å². The van der Waals surface area contributed by atoms with Crippen molar-refractivity contribution < 1.29 is 18.7 Å². The van der Waals surface area contributed by atoms with Gasteiger partial charge in [0.15, 0.2) is 0 Å². The zero-order valence-corrected chi connectivity index (χ0v) is 12.2. The molecule has 2 rings (SSSR count). The van der Waals surface area contributed by atoms with Crippen LogP contribution < -0.4 is 5.32 Å². The molecule has 2 atom stereocenters. The van der Waals surface area contributed by atoms with Crippen molar-refractivity contribution in [2.24, 2.45) is 5.41 Å². The van der Waals surface area contributed by atoms with E-state index in [-0.39, 0.29) is 19.1 Å². The minimum atomic E-state index is -1.24. The summed E-state index contributed by atoms with van der Waals surface area (Å²) in [4.78, 5) is 25.4. The van der Waals surface area contributed by atoms with Crippen molar-refractivity contribution in [3.8, 4) is 0 Å². The number of esters is 1. The van der Waals surface area contributed by atoms with E-state index in [0.717, 1.165) is 0 Å². The van der Waals surface area contributed by atoms with Crippen molar-refractivity contribution in [2.45, 2.75) is 33.4 Å². The van der Waals surface area contributed by atoms with Crippen LogP contribution in [-0.2, 0) is 14.3 Å². The molecule has 1 amide bonds. The smallest absolute Gasteiger partial charge is 0.336 e. The number of likely N-dealkylation sites (tertiary alicyclic amines) is 1. The minimum Gasteiger partial charge on any atom is -0.456 e. The van der Waals surface area contributed by atoms with E-state index in [2.05, 4.69) is 5.32 Å². The van der Waals surface area contributed by atoms with Crippen LogP contribution in [0.2, 0.25) is 0 Å². The third-order valence-corrected chi connectivity index (χ3v) is 4.26.